The van der Waals surface area contributed by atoms with E-state index in [0.717, 1.165) is 19.3 Å². The number of hydrogen-bond donors (Lipinski definition) is 2. The summed E-state index contributed by atoms with van der Waals surface area (Å²) in [7, 11) is 0. The molecule has 0 spiro atoms. The van der Waals surface area contributed by atoms with Crippen LogP contribution in [0.5, 0.6) is 0 Å². The van der Waals surface area contributed by atoms with Gasteiger partial charge in [0.2, 0.25) is 0 Å². The molecule has 1 aromatic rings. The van der Waals surface area contributed by atoms with Crippen molar-refractivity contribution in [2.75, 3.05) is 0 Å². The minimum Gasteiger partial charge on any atom is -0.480 e. The number of thiophene rings is 1. The molecule has 1 amide bonds. The van der Waals surface area contributed by atoms with E-state index in [1.807, 2.05) is 13.0 Å². The number of carboxylic acids is 1. The Bertz CT molecular complexity index is 484. The number of amides is 1. The number of hydrogen-bond acceptors (Lipinski definition) is 3. The van der Waals surface area contributed by atoms with E-state index in [1.54, 1.807) is 0 Å². The number of carbonyl (C=O) groups is 2. The van der Waals surface area contributed by atoms with Crippen LogP contribution in [0.25, 0.3) is 0 Å². The lowest BCUT2D eigenvalue weighted by atomic mass is 10.00. The molecule has 5 heteroatoms. The first-order valence-corrected chi connectivity index (χ1v) is 8.58. The third-order valence-corrected chi connectivity index (χ3v) is 5.14. The highest BCUT2D eigenvalue weighted by atomic mass is 32.1. The first-order chi connectivity index (χ1) is 10.1. The minimum atomic E-state index is -0.958. The molecule has 0 unspecified atom stereocenters. The molecule has 0 saturated carbocycles. The Kier molecular flexibility index (Phi) is 5.79. The van der Waals surface area contributed by atoms with E-state index in [0.29, 0.717) is 11.3 Å². The van der Waals surface area contributed by atoms with Gasteiger partial charge in [-0.15, -0.1) is 11.3 Å². The van der Waals surface area contributed by atoms with Gasteiger partial charge in [-0.2, -0.15) is 0 Å². The largest absolute Gasteiger partial charge is 0.480 e. The van der Waals surface area contributed by atoms with Crippen LogP contribution in [-0.4, -0.2) is 23.0 Å². The monoisotopic (exact) mass is 309 g/mol. The summed E-state index contributed by atoms with van der Waals surface area (Å²) in [5, 5.41) is 11.8. The third kappa shape index (κ3) is 4.30. The lowest BCUT2D eigenvalue weighted by molar-refractivity contribution is -0.139. The summed E-state index contributed by atoms with van der Waals surface area (Å²) < 4.78 is 0. The molecule has 2 N–H and O–H groups in total. The summed E-state index contributed by atoms with van der Waals surface area (Å²) in [5.74, 6) is -1.20. The van der Waals surface area contributed by atoms with Crippen LogP contribution in [0.15, 0.2) is 6.07 Å². The van der Waals surface area contributed by atoms with Crippen molar-refractivity contribution in [1.82, 2.24) is 5.32 Å². The van der Waals surface area contributed by atoms with Crippen LogP contribution in [0.1, 0.15) is 65.6 Å². The van der Waals surface area contributed by atoms with E-state index in [2.05, 4.69) is 5.32 Å². The Morgan fingerprint density at radius 3 is 2.67 bits per heavy atom. The van der Waals surface area contributed by atoms with Gasteiger partial charge >= 0.3 is 5.97 Å². The van der Waals surface area contributed by atoms with Crippen molar-refractivity contribution in [2.45, 2.75) is 64.3 Å². The zero-order chi connectivity index (χ0) is 15.2. The van der Waals surface area contributed by atoms with Gasteiger partial charge in [0.25, 0.3) is 5.91 Å². The Morgan fingerprint density at radius 2 is 2.00 bits per heavy atom. The summed E-state index contributed by atoms with van der Waals surface area (Å²) in [6.45, 7) is 1.92. The molecule has 2 rings (SSSR count). The van der Waals surface area contributed by atoms with Gasteiger partial charge in [-0.3, -0.25) is 4.79 Å². The molecule has 0 bridgehead atoms. The normalized spacial score (nSPS) is 16.4. The van der Waals surface area contributed by atoms with Crippen LogP contribution in [0.2, 0.25) is 0 Å². The van der Waals surface area contributed by atoms with Crippen molar-refractivity contribution in [3.63, 3.8) is 0 Å². The van der Waals surface area contributed by atoms with E-state index < -0.39 is 12.0 Å². The lowest BCUT2D eigenvalue weighted by Crippen LogP contribution is -2.40. The summed E-state index contributed by atoms with van der Waals surface area (Å²) in [5.41, 5.74) is 1.28. The molecule has 0 saturated heterocycles. The van der Waals surface area contributed by atoms with Gasteiger partial charge in [0.1, 0.15) is 6.04 Å². The number of carboxylic acid groups (broad SMARTS) is 1. The summed E-state index contributed by atoms with van der Waals surface area (Å²) in [6.07, 6.45) is 8.16. The maximum atomic E-state index is 12.3. The minimum absolute atomic E-state index is 0.243. The van der Waals surface area contributed by atoms with Gasteiger partial charge in [0.15, 0.2) is 0 Å². The van der Waals surface area contributed by atoms with Crippen molar-refractivity contribution in [1.29, 1.82) is 0 Å². The van der Waals surface area contributed by atoms with Crippen LogP contribution in [0.4, 0.5) is 0 Å². The molecule has 1 atom stereocenters. The van der Waals surface area contributed by atoms with Crippen LogP contribution in [0.3, 0.4) is 0 Å². The Hall–Kier alpha value is -1.36. The fourth-order valence-electron chi connectivity index (χ4n) is 2.73. The van der Waals surface area contributed by atoms with E-state index in [9.17, 15) is 9.59 Å². The number of aryl methyl sites for hydroxylation is 2. The summed E-state index contributed by atoms with van der Waals surface area (Å²) in [6, 6.07) is 1.18. The molecule has 1 aliphatic carbocycles. The summed E-state index contributed by atoms with van der Waals surface area (Å²) in [4.78, 5) is 25.4. The average Bonchev–Trinajstić information content (AvgIpc) is 2.80. The number of nitrogens with one attached hydrogen (secondary N) is 1. The molecule has 116 valence electrons. The molecule has 1 heterocycles. The molecule has 0 fully saturated rings. The number of aliphatic carboxylic acids is 1. The quantitative estimate of drug-likeness (QED) is 0.876. The molecule has 0 aromatic carbocycles. The first kappa shape index (κ1) is 16.0. The highest BCUT2D eigenvalue weighted by Crippen LogP contribution is 2.28. The molecular formula is C16H23NO3S. The molecule has 4 nitrogen and oxygen atoms in total. The smallest absolute Gasteiger partial charge is 0.326 e. The standard InChI is InChI=1S/C16H23NO3S/c1-2-7-12(16(19)20)17-15(18)14-10-11-8-5-3-4-6-9-13(11)21-14/h10,12H,2-9H2,1H3,(H,17,18)(H,19,20)/t12-/m0/s1. The molecule has 21 heavy (non-hydrogen) atoms. The van der Waals surface area contributed by atoms with Crippen LogP contribution in [-0.2, 0) is 17.6 Å². The van der Waals surface area contributed by atoms with Gasteiger partial charge < -0.3 is 10.4 Å². The van der Waals surface area contributed by atoms with E-state index in [1.165, 1.54) is 47.5 Å². The highest BCUT2D eigenvalue weighted by molar-refractivity contribution is 7.14. The molecule has 0 radical (unpaired) electrons. The second-order valence-corrected chi connectivity index (χ2v) is 6.76. The Labute approximate surface area is 129 Å². The average molecular weight is 309 g/mol. The zero-order valence-corrected chi connectivity index (χ0v) is 13.3. The van der Waals surface area contributed by atoms with Crippen LogP contribution in [0, 0.1) is 0 Å². The van der Waals surface area contributed by atoms with Gasteiger partial charge in [-0.25, -0.2) is 4.79 Å². The fourth-order valence-corrected chi connectivity index (χ4v) is 3.89. The molecule has 1 aliphatic rings. The maximum Gasteiger partial charge on any atom is 0.326 e. The summed E-state index contributed by atoms with van der Waals surface area (Å²) >= 11 is 1.53. The van der Waals surface area contributed by atoms with Crippen molar-refractivity contribution >= 4 is 23.2 Å². The number of rotatable bonds is 5. The van der Waals surface area contributed by atoms with Gasteiger partial charge in [-0.1, -0.05) is 26.2 Å². The molecule has 0 aliphatic heterocycles. The SMILES string of the molecule is CCC[C@H](NC(=O)c1cc2c(s1)CCCCCC2)C(=O)O. The predicted molar refractivity (Wildman–Crippen MR) is 84.0 cm³/mol. The van der Waals surface area contributed by atoms with Gasteiger partial charge in [0.05, 0.1) is 4.88 Å². The van der Waals surface area contributed by atoms with Crippen LogP contribution < -0.4 is 5.32 Å². The first-order valence-electron chi connectivity index (χ1n) is 7.77. The molecular weight excluding hydrogens is 286 g/mol. The van der Waals surface area contributed by atoms with Crippen molar-refractivity contribution in [3.05, 3.63) is 21.4 Å². The van der Waals surface area contributed by atoms with Crippen LogP contribution >= 0.6 is 11.3 Å². The second-order valence-electron chi connectivity index (χ2n) is 5.63. The van der Waals surface area contributed by atoms with Crippen molar-refractivity contribution in [2.24, 2.45) is 0 Å². The van der Waals surface area contributed by atoms with Crippen molar-refractivity contribution in [3.8, 4) is 0 Å². The highest BCUT2D eigenvalue weighted by Gasteiger charge is 2.22. The second kappa shape index (κ2) is 7.59. The Morgan fingerprint density at radius 1 is 1.29 bits per heavy atom. The van der Waals surface area contributed by atoms with E-state index >= 15 is 0 Å². The van der Waals surface area contributed by atoms with Gasteiger partial charge in [-0.05, 0) is 43.7 Å². The topological polar surface area (TPSA) is 66.4 Å². The van der Waals surface area contributed by atoms with Crippen molar-refractivity contribution < 1.29 is 14.7 Å². The predicted octanol–water partition coefficient (Wildman–Crippen LogP) is 3.39. The maximum absolute atomic E-state index is 12.3. The number of fused-ring (bicyclic) bond motifs is 1. The lowest BCUT2D eigenvalue weighted by Gasteiger charge is -2.12. The Balaban J connectivity index is 2.08. The number of carbonyl (C=O) groups excluding carboxylic acids is 1. The third-order valence-electron chi connectivity index (χ3n) is 3.90. The van der Waals surface area contributed by atoms with E-state index in [-0.39, 0.29) is 5.91 Å². The fraction of sp³-hybridized carbons (Fsp3) is 0.625. The zero-order valence-electron chi connectivity index (χ0n) is 12.5. The molecule has 1 aromatic heterocycles. The van der Waals surface area contributed by atoms with Gasteiger partial charge in [0, 0.05) is 4.88 Å². The van der Waals surface area contributed by atoms with E-state index in [4.69, 9.17) is 5.11 Å².